The molecular formula is C20H11ClO4. The van der Waals surface area contributed by atoms with Crippen molar-refractivity contribution in [1.29, 1.82) is 0 Å². The Labute approximate surface area is 147 Å². The van der Waals surface area contributed by atoms with Crippen LogP contribution in [0.15, 0.2) is 75.7 Å². The first-order valence-corrected chi connectivity index (χ1v) is 7.92. The van der Waals surface area contributed by atoms with E-state index in [4.69, 9.17) is 20.8 Å². The molecule has 0 aliphatic carbocycles. The Balaban J connectivity index is 1.79. The Morgan fingerprint density at radius 3 is 2.60 bits per heavy atom. The van der Waals surface area contributed by atoms with Crippen LogP contribution in [-0.2, 0) is 9.53 Å². The molecule has 2 heterocycles. The van der Waals surface area contributed by atoms with Gasteiger partial charge in [-0.3, -0.25) is 4.79 Å². The third kappa shape index (κ3) is 2.88. The highest BCUT2D eigenvalue weighted by molar-refractivity contribution is 6.31. The van der Waals surface area contributed by atoms with Crippen molar-refractivity contribution in [3.8, 4) is 0 Å². The highest BCUT2D eigenvalue weighted by Gasteiger charge is 2.22. The lowest BCUT2D eigenvalue weighted by Crippen LogP contribution is -2.06. The van der Waals surface area contributed by atoms with E-state index in [-0.39, 0.29) is 16.6 Å². The monoisotopic (exact) mass is 350 g/mol. The van der Waals surface area contributed by atoms with Gasteiger partial charge in [-0.25, -0.2) is 4.79 Å². The lowest BCUT2D eigenvalue weighted by Gasteiger charge is -2.00. The van der Waals surface area contributed by atoms with Crippen LogP contribution in [0.25, 0.3) is 22.8 Å². The average molecular weight is 351 g/mol. The Morgan fingerprint density at radius 2 is 1.80 bits per heavy atom. The normalized spacial score (nSPS) is 15.5. The highest BCUT2D eigenvalue weighted by Crippen LogP contribution is 2.27. The maximum atomic E-state index is 12.6. The minimum atomic E-state index is -0.510. The van der Waals surface area contributed by atoms with E-state index in [9.17, 15) is 9.59 Å². The second-order valence-corrected chi connectivity index (χ2v) is 5.96. The van der Waals surface area contributed by atoms with Gasteiger partial charge in [0.15, 0.2) is 5.43 Å². The molecular weight excluding hydrogens is 340 g/mol. The molecule has 0 spiro atoms. The number of esters is 1. The van der Waals surface area contributed by atoms with Crippen LogP contribution in [0.2, 0.25) is 5.02 Å². The zero-order valence-electron chi connectivity index (χ0n) is 12.9. The first-order valence-electron chi connectivity index (χ1n) is 7.54. The van der Waals surface area contributed by atoms with Gasteiger partial charge in [-0.05, 0) is 30.4 Å². The Kier molecular flexibility index (Phi) is 3.75. The fourth-order valence-corrected chi connectivity index (χ4v) is 2.79. The van der Waals surface area contributed by atoms with E-state index >= 15 is 0 Å². The van der Waals surface area contributed by atoms with Crippen LogP contribution in [0.1, 0.15) is 11.1 Å². The van der Waals surface area contributed by atoms with Gasteiger partial charge in [0.05, 0.1) is 16.5 Å². The van der Waals surface area contributed by atoms with Crippen LogP contribution >= 0.6 is 11.6 Å². The summed E-state index contributed by atoms with van der Waals surface area (Å²) >= 11 is 5.94. The third-order valence-corrected chi connectivity index (χ3v) is 4.09. The minimum absolute atomic E-state index is 0.257. The molecule has 5 heteroatoms. The van der Waals surface area contributed by atoms with Gasteiger partial charge in [-0.2, -0.15) is 0 Å². The third-order valence-electron chi connectivity index (χ3n) is 3.86. The van der Waals surface area contributed by atoms with Crippen molar-refractivity contribution in [3.05, 3.63) is 92.8 Å². The number of halogens is 1. The Hall–Kier alpha value is -3.11. The van der Waals surface area contributed by atoms with E-state index in [1.807, 2.05) is 30.3 Å². The number of hydrogen-bond donors (Lipinski definition) is 0. The van der Waals surface area contributed by atoms with Gasteiger partial charge < -0.3 is 9.15 Å². The number of rotatable bonds is 2. The molecule has 0 saturated heterocycles. The molecule has 0 saturated carbocycles. The number of ether oxygens (including phenoxy) is 1. The second-order valence-electron chi connectivity index (χ2n) is 5.52. The van der Waals surface area contributed by atoms with E-state index < -0.39 is 5.97 Å². The summed E-state index contributed by atoms with van der Waals surface area (Å²) in [6.07, 6.45) is 4.40. The Morgan fingerprint density at radius 1 is 1.00 bits per heavy atom. The largest absolute Gasteiger partial charge is 0.463 e. The molecule has 0 radical (unpaired) electrons. The first-order chi connectivity index (χ1) is 12.1. The number of carbonyl (C=O) groups is 1. The van der Waals surface area contributed by atoms with Crippen LogP contribution < -0.4 is 5.43 Å². The average Bonchev–Trinajstić information content (AvgIpc) is 2.99. The highest BCUT2D eigenvalue weighted by atomic mass is 35.5. The predicted octanol–water partition coefficient (Wildman–Crippen LogP) is 4.43. The molecule has 4 nitrogen and oxygen atoms in total. The van der Waals surface area contributed by atoms with E-state index in [1.165, 1.54) is 12.3 Å². The van der Waals surface area contributed by atoms with Gasteiger partial charge in [-0.15, -0.1) is 0 Å². The molecule has 0 fully saturated rings. The van der Waals surface area contributed by atoms with Gasteiger partial charge in [0, 0.05) is 10.6 Å². The summed E-state index contributed by atoms with van der Waals surface area (Å²) in [6.45, 7) is 0. The van der Waals surface area contributed by atoms with Crippen molar-refractivity contribution in [3.63, 3.8) is 0 Å². The van der Waals surface area contributed by atoms with Crippen LogP contribution in [-0.4, -0.2) is 5.97 Å². The van der Waals surface area contributed by atoms with Crippen LogP contribution in [0.3, 0.4) is 0 Å². The zero-order valence-corrected chi connectivity index (χ0v) is 13.6. The number of benzene rings is 2. The quantitative estimate of drug-likeness (QED) is 0.507. The number of carbonyl (C=O) groups excluding carboxylic acids is 1. The van der Waals surface area contributed by atoms with Crippen LogP contribution in [0.4, 0.5) is 0 Å². The molecule has 1 aliphatic heterocycles. The van der Waals surface area contributed by atoms with Gasteiger partial charge in [0.25, 0.3) is 0 Å². The molecule has 0 amide bonds. The summed E-state index contributed by atoms with van der Waals surface area (Å²) in [7, 11) is 0. The van der Waals surface area contributed by atoms with Crippen molar-refractivity contribution in [2.75, 3.05) is 0 Å². The molecule has 25 heavy (non-hydrogen) atoms. The summed E-state index contributed by atoms with van der Waals surface area (Å²) in [5, 5.41) is 0.802. The van der Waals surface area contributed by atoms with E-state index in [1.54, 1.807) is 24.3 Å². The summed E-state index contributed by atoms with van der Waals surface area (Å²) in [6, 6.07) is 14.1. The molecule has 0 unspecified atom stereocenters. The molecule has 122 valence electrons. The van der Waals surface area contributed by atoms with Gasteiger partial charge in [-0.1, -0.05) is 41.9 Å². The minimum Gasteiger partial charge on any atom is -0.463 e. The lowest BCUT2D eigenvalue weighted by atomic mass is 10.1. The fraction of sp³-hybridized carbons (Fsp3) is 0. The molecule has 0 N–H and O–H groups in total. The van der Waals surface area contributed by atoms with Crippen molar-refractivity contribution < 1.29 is 13.9 Å². The van der Waals surface area contributed by atoms with Crippen LogP contribution in [0, 0.1) is 0 Å². The number of hydrogen-bond acceptors (Lipinski definition) is 4. The molecule has 1 aromatic heterocycles. The summed E-state index contributed by atoms with van der Waals surface area (Å²) in [5.74, 6) is -0.0606. The van der Waals surface area contributed by atoms with E-state index in [2.05, 4.69) is 0 Å². The maximum Gasteiger partial charge on any atom is 0.343 e. The molecule has 3 aromatic rings. The standard InChI is InChI=1S/C20H11ClO4/c21-15-6-7-17-16(10-15)19(22)14(11-24-17)8-13-9-18(25-20(13)23)12-4-2-1-3-5-12/h1-11H/b13-8+. The smallest absolute Gasteiger partial charge is 0.343 e. The summed E-state index contributed by atoms with van der Waals surface area (Å²) < 4.78 is 10.7. The molecule has 1 aliphatic rings. The lowest BCUT2D eigenvalue weighted by molar-refractivity contribution is -0.130. The SMILES string of the molecule is O=C1OC(c2ccccc2)=C/C1=C\c1coc2ccc(Cl)cc2c1=O. The van der Waals surface area contributed by atoms with Crippen molar-refractivity contribution in [2.24, 2.45) is 0 Å². The van der Waals surface area contributed by atoms with Crippen LogP contribution in [0.5, 0.6) is 0 Å². The summed E-state index contributed by atoms with van der Waals surface area (Å²) in [4.78, 5) is 24.7. The predicted molar refractivity (Wildman–Crippen MR) is 96.0 cm³/mol. The van der Waals surface area contributed by atoms with Crippen molar-refractivity contribution >= 4 is 40.4 Å². The first kappa shape index (κ1) is 15.4. The van der Waals surface area contributed by atoms with Crippen molar-refractivity contribution in [1.82, 2.24) is 0 Å². The number of cyclic esters (lactones) is 1. The second kappa shape index (κ2) is 6.07. The topological polar surface area (TPSA) is 56.5 Å². The van der Waals surface area contributed by atoms with E-state index in [0.717, 1.165) is 5.56 Å². The zero-order chi connectivity index (χ0) is 17.4. The molecule has 0 atom stereocenters. The molecule has 4 rings (SSSR count). The summed E-state index contributed by atoms with van der Waals surface area (Å²) in [5.41, 5.74) is 1.51. The van der Waals surface area contributed by atoms with Gasteiger partial charge in [0.2, 0.25) is 0 Å². The molecule has 0 bridgehead atoms. The number of fused-ring (bicyclic) bond motifs is 1. The fourth-order valence-electron chi connectivity index (χ4n) is 2.62. The molecule has 2 aromatic carbocycles. The van der Waals surface area contributed by atoms with Gasteiger partial charge >= 0.3 is 5.97 Å². The maximum absolute atomic E-state index is 12.6. The van der Waals surface area contributed by atoms with E-state index in [0.29, 0.717) is 21.8 Å². The Bertz CT molecular complexity index is 1110. The van der Waals surface area contributed by atoms with Crippen molar-refractivity contribution in [2.45, 2.75) is 0 Å². The van der Waals surface area contributed by atoms with Gasteiger partial charge in [0.1, 0.15) is 17.6 Å².